The van der Waals surface area contributed by atoms with E-state index in [1.807, 2.05) is 86.7 Å². The van der Waals surface area contributed by atoms with Crippen molar-refractivity contribution in [2.24, 2.45) is 0 Å². The lowest BCUT2D eigenvalue weighted by atomic mass is 10.2. The summed E-state index contributed by atoms with van der Waals surface area (Å²) in [5.74, 6) is -0.903. The highest BCUT2D eigenvalue weighted by Gasteiger charge is 2.23. The van der Waals surface area contributed by atoms with Gasteiger partial charge < -0.3 is 9.47 Å². The Morgan fingerprint density at radius 3 is 1.38 bits per heavy atom. The van der Waals surface area contributed by atoms with Crippen molar-refractivity contribution in [1.29, 1.82) is 0 Å². The van der Waals surface area contributed by atoms with Crippen LogP contribution in [-0.2, 0) is 19.1 Å². The van der Waals surface area contributed by atoms with Gasteiger partial charge in [-0.3, -0.25) is 0 Å². The second kappa shape index (κ2) is 14.9. The molecule has 4 nitrogen and oxygen atoms in total. The van der Waals surface area contributed by atoms with Gasteiger partial charge in [-0.1, -0.05) is 97.1 Å². The second-order valence-electron chi connectivity index (χ2n) is 6.32. The largest absolute Gasteiger partial charge is 0.442 e. The van der Waals surface area contributed by atoms with Gasteiger partial charge in [0.2, 0.25) is 0 Å². The quantitative estimate of drug-likeness (QED) is 0.116. The SMILES string of the molecule is C/C=C/C=C/C(=O)OC(SSC(OC(=O)/C=C/C=C/C)c1ccccc1)c1ccccc1. The van der Waals surface area contributed by atoms with Crippen LogP contribution < -0.4 is 0 Å². The predicted molar refractivity (Wildman–Crippen MR) is 134 cm³/mol. The van der Waals surface area contributed by atoms with E-state index < -0.39 is 22.8 Å². The van der Waals surface area contributed by atoms with Crippen molar-refractivity contribution >= 4 is 33.5 Å². The molecule has 32 heavy (non-hydrogen) atoms. The van der Waals surface area contributed by atoms with Gasteiger partial charge >= 0.3 is 11.9 Å². The first-order valence-electron chi connectivity index (χ1n) is 10.1. The van der Waals surface area contributed by atoms with Gasteiger partial charge in [0.05, 0.1) is 0 Å². The van der Waals surface area contributed by atoms with E-state index in [4.69, 9.17) is 9.47 Å². The number of carbonyl (C=O) groups is 2. The molecule has 2 unspecified atom stereocenters. The smallest absolute Gasteiger partial charge is 0.332 e. The third-order valence-corrected chi connectivity index (χ3v) is 6.47. The minimum atomic E-state index is -0.576. The van der Waals surface area contributed by atoms with Crippen LogP contribution in [0.15, 0.2) is 109 Å². The Balaban J connectivity index is 2.17. The summed E-state index contributed by atoms with van der Waals surface area (Å²) in [6.45, 7) is 3.74. The molecule has 2 rings (SSSR count). The van der Waals surface area contributed by atoms with Crippen LogP contribution in [0.3, 0.4) is 0 Å². The number of ether oxygens (including phenoxy) is 2. The maximum Gasteiger partial charge on any atom is 0.332 e. The number of carbonyl (C=O) groups excluding carboxylic acids is 2. The van der Waals surface area contributed by atoms with Gasteiger partial charge in [0.1, 0.15) is 0 Å². The van der Waals surface area contributed by atoms with Crippen molar-refractivity contribution in [3.8, 4) is 0 Å². The fraction of sp³-hybridized carbons (Fsp3) is 0.154. The predicted octanol–water partition coefficient (Wildman–Crippen LogP) is 7.12. The van der Waals surface area contributed by atoms with Gasteiger partial charge in [0.25, 0.3) is 0 Å². The van der Waals surface area contributed by atoms with Crippen molar-refractivity contribution in [2.75, 3.05) is 0 Å². The van der Waals surface area contributed by atoms with E-state index >= 15 is 0 Å². The van der Waals surface area contributed by atoms with Crippen LogP contribution >= 0.6 is 21.6 Å². The zero-order valence-corrected chi connectivity index (χ0v) is 19.6. The molecular formula is C26H26O4S2. The van der Waals surface area contributed by atoms with Gasteiger partial charge in [-0.25, -0.2) is 9.59 Å². The normalized spacial score (nSPS) is 13.7. The minimum absolute atomic E-state index is 0.451. The van der Waals surface area contributed by atoms with Crippen molar-refractivity contribution < 1.29 is 19.1 Å². The number of allylic oxidation sites excluding steroid dienone is 6. The molecular weight excluding hydrogens is 440 g/mol. The fourth-order valence-corrected chi connectivity index (χ4v) is 4.90. The molecule has 2 aromatic carbocycles. The summed E-state index contributed by atoms with van der Waals surface area (Å²) in [6.07, 6.45) is 13.2. The van der Waals surface area contributed by atoms with Crippen LogP contribution in [0, 0.1) is 0 Å². The van der Waals surface area contributed by atoms with Crippen molar-refractivity contribution in [3.63, 3.8) is 0 Å². The third-order valence-electron chi connectivity index (χ3n) is 3.89. The molecule has 0 heterocycles. The van der Waals surface area contributed by atoms with Crippen LogP contribution in [0.2, 0.25) is 0 Å². The zero-order valence-electron chi connectivity index (χ0n) is 18.0. The minimum Gasteiger partial charge on any atom is -0.442 e. The molecule has 0 saturated heterocycles. The van der Waals surface area contributed by atoms with Crippen LogP contribution in [-0.4, -0.2) is 11.9 Å². The molecule has 0 fully saturated rings. The van der Waals surface area contributed by atoms with E-state index in [0.717, 1.165) is 11.1 Å². The monoisotopic (exact) mass is 466 g/mol. The maximum absolute atomic E-state index is 12.3. The number of esters is 2. The highest BCUT2D eigenvalue weighted by molar-refractivity contribution is 8.76. The summed E-state index contributed by atoms with van der Waals surface area (Å²) in [5, 5.41) is 0. The van der Waals surface area contributed by atoms with Crippen LogP contribution in [0.25, 0.3) is 0 Å². The number of hydrogen-bond donors (Lipinski definition) is 0. The number of rotatable bonds is 11. The van der Waals surface area contributed by atoms with E-state index in [9.17, 15) is 9.59 Å². The summed E-state index contributed by atoms with van der Waals surface area (Å²) in [5.41, 5.74) is 0.521. The molecule has 0 radical (unpaired) electrons. The first kappa shape index (κ1) is 25.3. The van der Waals surface area contributed by atoms with E-state index in [-0.39, 0.29) is 0 Å². The molecule has 0 aliphatic heterocycles. The first-order chi connectivity index (χ1) is 15.6. The molecule has 0 aliphatic carbocycles. The van der Waals surface area contributed by atoms with Crippen molar-refractivity contribution in [3.05, 3.63) is 120 Å². The van der Waals surface area contributed by atoms with Crippen molar-refractivity contribution in [1.82, 2.24) is 0 Å². The van der Waals surface area contributed by atoms with Crippen LogP contribution in [0.1, 0.15) is 35.8 Å². The summed E-state index contributed by atoms with van der Waals surface area (Å²) in [6, 6.07) is 18.9. The van der Waals surface area contributed by atoms with Gasteiger partial charge in [0.15, 0.2) is 10.9 Å². The van der Waals surface area contributed by atoms with E-state index in [0.29, 0.717) is 0 Å². The Kier molecular flexibility index (Phi) is 11.8. The average Bonchev–Trinajstić information content (AvgIpc) is 2.82. The average molecular weight is 467 g/mol. The van der Waals surface area contributed by atoms with Gasteiger partial charge in [0, 0.05) is 23.3 Å². The molecule has 2 aromatic rings. The van der Waals surface area contributed by atoms with Crippen LogP contribution in [0.5, 0.6) is 0 Å². The van der Waals surface area contributed by atoms with Gasteiger partial charge in [-0.2, -0.15) is 0 Å². The molecule has 0 saturated carbocycles. The highest BCUT2D eigenvalue weighted by Crippen LogP contribution is 2.47. The number of benzene rings is 2. The summed E-state index contributed by atoms with van der Waals surface area (Å²) < 4.78 is 11.3. The fourth-order valence-electron chi connectivity index (χ4n) is 2.39. The molecule has 6 heteroatoms. The van der Waals surface area contributed by atoms with Gasteiger partial charge in [-0.05, 0) is 35.4 Å². The first-order valence-corrected chi connectivity index (χ1v) is 12.3. The zero-order chi connectivity index (χ0) is 23.0. The molecule has 0 amide bonds. The second-order valence-corrected chi connectivity index (χ2v) is 8.72. The molecule has 2 atom stereocenters. The molecule has 0 bridgehead atoms. The molecule has 0 N–H and O–H groups in total. The maximum atomic E-state index is 12.3. The Bertz CT molecular complexity index is 871. The lowest BCUT2D eigenvalue weighted by molar-refractivity contribution is -0.140. The van der Waals surface area contributed by atoms with E-state index in [1.165, 1.54) is 33.7 Å². The Labute approximate surface area is 197 Å². The topological polar surface area (TPSA) is 52.6 Å². The van der Waals surface area contributed by atoms with E-state index in [2.05, 4.69) is 0 Å². The standard InChI is InChI=1S/C26H26O4S2/c1-3-5-9-19-23(27)29-25(21-15-11-7-12-16-21)31-32-26(22-17-13-8-14-18-22)30-24(28)20-10-6-4-2/h3-20,25-26H,1-2H3/b5-3+,6-4+,19-9+,20-10+. The Morgan fingerprint density at radius 2 is 1.03 bits per heavy atom. The van der Waals surface area contributed by atoms with Crippen molar-refractivity contribution in [2.45, 2.75) is 24.7 Å². The molecule has 0 aliphatic rings. The van der Waals surface area contributed by atoms with Crippen LogP contribution in [0.4, 0.5) is 0 Å². The summed E-state index contributed by atoms with van der Waals surface area (Å²) >= 11 is 0. The Hall–Kier alpha value is -2.96. The van der Waals surface area contributed by atoms with Gasteiger partial charge in [-0.15, -0.1) is 0 Å². The molecule has 0 aromatic heterocycles. The van der Waals surface area contributed by atoms with E-state index in [1.54, 1.807) is 24.3 Å². The summed E-state index contributed by atoms with van der Waals surface area (Å²) in [4.78, 5) is 24.5. The number of hydrogen-bond acceptors (Lipinski definition) is 6. The summed E-state index contributed by atoms with van der Waals surface area (Å²) in [7, 11) is 2.64. The lowest BCUT2D eigenvalue weighted by Crippen LogP contribution is -2.08. The molecule has 0 spiro atoms. The lowest BCUT2D eigenvalue weighted by Gasteiger charge is -2.21. The molecule has 166 valence electrons. The Morgan fingerprint density at radius 1 is 0.656 bits per heavy atom. The third kappa shape index (κ3) is 9.45. The highest BCUT2D eigenvalue weighted by atomic mass is 33.1.